The molecule has 1 saturated carbocycles. The van der Waals surface area contributed by atoms with Gasteiger partial charge >= 0.3 is 0 Å². The molecule has 2 nitrogen and oxygen atoms in total. The van der Waals surface area contributed by atoms with Gasteiger partial charge in [0.2, 0.25) is 0 Å². The van der Waals surface area contributed by atoms with Crippen LogP contribution in [0.15, 0.2) is 12.2 Å². The Morgan fingerprint density at radius 1 is 1.50 bits per heavy atom. The van der Waals surface area contributed by atoms with Crippen molar-refractivity contribution >= 4 is 0 Å². The van der Waals surface area contributed by atoms with Gasteiger partial charge in [0, 0.05) is 13.2 Å². The molecule has 1 aliphatic carbocycles. The number of hydrogen-bond donors (Lipinski definition) is 1. The Morgan fingerprint density at radius 2 is 2.07 bits per heavy atom. The van der Waals surface area contributed by atoms with Crippen molar-refractivity contribution in [3.05, 3.63) is 12.2 Å². The van der Waals surface area contributed by atoms with Crippen molar-refractivity contribution in [2.45, 2.75) is 57.1 Å². The number of ether oxygens (including phenoxy) is 1. The van der Waals surface area contributed by atoms with E-state index in [-0.39, 0.29) is 11.6 Å². The molecule has 0 radical (unpaired) electrons. The summed E-state index contributed by atoms with van der Waals surface area (Å²) < 4.78 is 5.64. The van der Waals surface area contributed by atoms with Gasteiger partial charge in [-0.05, 0) is 32.6 Å². The van der Waals surface area contributed by atoms with E-state index in [4.69, 9.17) is 10.5 Å². The molecule has 1 atom stereocenters. The molecule has 1 aliphatic rings. The van der Waals surface area contributed by atoms with Crippen LogP contribution >= 0.6 is 0 Å². The van der Waals surface area contributed by atoms with E-state index in [1.54, 1.807) is 7.11 Å². The molecule has 0 heterocycles. The fourth-order valence-corrected chi connectivity index (χ4v) is 2.36. The van der Waals surface area contributed by atoms with Gasteiger partial charge in [0.25, 0.3) is 0 Å². The lowest BCUT2D eigenvalue weighted by molar-refractivity contribution is -0.0273. The van der Waals surface area contributed by atoms with Gasteiger partial charge in [0.1, 0.15) is 0 Å². The van der Waals surface area contributed by atoms with Gasteiger partial charge in [-0.1, -0.05) is 18.4 Å². The second-order valence-electron chi connectivity index (χ2n) is 4.58. The Bertz CT molecular complexity index is 194. The van der Waals surface area contributed by atoms with Gasteiger partial charge in [-0.25, -0.2) is 0 Å². The molecule has 14 heavy (non-hydrogen) atoms. The maximum absolute atomic E-state index is 6.21. The Morgan fingerprint density at radius 3 is 2.50 bits per heavy atom. The number of rotatable bonds is 5. The molecule has 0 amide bonds. The molecule has 0 spiro atoms. The van der Waals surface area contributed by atoms with Crippen molar-refractivity contribution in [2.24, 2.45) is 5.73 Å². The summed E-state index contributed by atoms with van der Waals surface area (Å²) in [5.41, 5.74) is 7.39. The first-order valence-electron chi connectivity index (χ1n) is 5.56. The van der Waals surface area contributed by atoms with Gasteiger partial charge in [-0.15, -0.1) is 6.58 Å². The molecule has 1 rings (SSSR count). The van der Waals surface area contributed by atoms with E-state index in [2.05, 4.69) is 13.5 Å². The van der Waals surface area contributed by atoms with Crippen LogP contribution in [0, 0.1) is 0 Å². The average molecular weight is 197 g/mol. The Kier molecular flexibility index (Phi) is 4.14. The quantitative estimate of drug-likeness (QED) is 0.688. The normalized spacial score (nSPS) is 22.2. The third-order valence-electron chi connectivity index (χ3n) is 3.41. The molecule has 2 heteroatoms. The SMILES string of the molecule is C=C(C)CCC(N)C1(OC)CCCC1. The Balaban J connectivity index is 2.47. The van der Waals surface area contributed by atoms with Gasteiger partial charge in [0.15, 0.2) is 0 Å². The summed E-state index contributed by atoms with van der Waals surface area (Å²) in [6.07, 6.45) is 6.79. The topological polar surface area (TPSA) is 35.2 Å². The highest BCUT2D eigenvalue weighted by atomic mass is 16.5. The van der Waals surface area contributed by atoms with Crippen molar-refractivity contribution in [1.82, 2.24) is 0 Å². The van der Waals surface area contributed by atoms with E-state index in [1.807, 2.05) is 0 Å². The first-order valence-corrected chi connectivity index (χ1v) is 5.56. The molecule has 0 aliphatic heterocycles. The monoisotopic (exact) mass is 197 g/mol. The summed E-state index contributed by atoms with van der Waals surface area (Å²) in [7, 11) is 1.80. The highest BCUT2D eigenvalue weighted by molar-refractivity contribution is 4.98. The molecular formula is C12H23NO. The molecular weight excluding hydrogens is 174 g/mol. The largest absolute Gasteiger partial charge is 0.377 e. The van der Waals surface area contributed by atoms with Crippen LogP contribution in [-0.2, 0) is 4.74 Å². The van der Waals surface area contributed by atoms with Crippen LogP contribution in [0.25, 0.3) is 0 Å². The number of allylic oxidation sites excluding steroid dienone is 1. The van der Waals surface area contributed by atoms with Crippen LogP contribution in [0.5, 0.6) is 0 Å². The minimum atomic E-state index is -0.0323. The maximum Gasteiger partial charge on any atom is 0.0828 e. The van der Waals surface area contributed by atoms with Gasteiger partial charge in [-0.2, -0.15) is 0 Å². The van der Waals surface area contributed by atoms with Crippen molar-refractivity contribution in [3.63, 3.8) is 0 Å². The molecule has 1 unspecified atom stereocenters. The predicted molar refractivity (Wildman–Crippen MR) is 60.2 cm³/mol. The average Bonchev–Trinajstić information content (AvgIpc) is 2.63. The second-order valence-corrected chi connectivity index (χ2v) is 4.58. The molecule has 0 aromatic carbocycles. The van der Waals surface area contributed by atoms with E-state index in [9.17, 15) is 0 Å². The first kappa shape index (κ1) is 11.7. The van der Waals surface area contributed by atoms with Crippen LogP contribution in [0.4, 0.5) is 0 Å². The van der Waals surface area contributed by atoms with E-state index in [0.717, 1.165) is 25.7 Å². The summed E-state index contributed by atoms with van der Waals surface area (Å²) >= 11 is 0. The number of nitrogens with two attached hydrogens (primary N) is 1. The number of hydrogen-bond acceptors (Lipinski definition) is 2. The lowest BCUT2D eigenvalue weighted by Gasteiger charge is -2.34. The van der Waals surface area contributed by atoms with Crippen molar-refractivity contribution in [2.75, 3.05) is 7.11 Å². The second kappa shape index (κ2) is 4.94. The summed E-state index contributed by atoms with van der Waals surface area (Å²) in [6.45, 7) is 5.96. The maximum atomic E-state index is 6.21. The van der Waals surface area contributed by atoms with Crippen molar-refractivity contribution in [3.8, 4) is 0 Å². The van der Waals surface area contributed by atoms with Gasteiger partial charge in [0.05, 0.1) is 5.60 Å². The molecule has 2 N–H and O–H groups in total. The smallest absolute Gasteiger partial charge is 0.0828 e. The lowest BCUT2D eigenvalue weighted by atomic mass is 9.88. The number of methoxy groups -OCH3 is 1. The van der Waals surface area contributed by atoms with Crippen molar-refractivity contribution < 1.29 is 4.74 Å². The molecule has 0 saturated heterocycles. The van der Waals surface area contributed by atoms with Gasteiger partial charge in [-0.3, -0.25) is 0 Å². The summed E-state index contributed by atoms with van der Waals surface area (Å²) in [4.78, 5) is 0. The summed E-state index contributed by atoms with van der Waals surface area (Å²) in [5.74, 6) is 0. The highest BCUT2D eigenvalue weighted by Gasteiger charge is 2.39. The minimum Gasteiger partial charge on any atom is -0.377 e. The standard InChI is InChI=1S/C12H23NO/c1-10(2)6-7-11(13)12(14-3)8-4-5-9-12/h11H,1,4-9,13H2,2-3H3. The van der Waals surface area contributed by atoms with Crippen LogP contribution in [0.1, 0.15) is 45.4 Å². The zero-order chi connectivity index (χ0) is 10.6. The highest BCUT2D eigenvalue weighted by Crippen LogP contribution is 2.36. The summed E-state index contributed by atoms with van der Waals surface area (Å²) in [6, 6.07) is 0.173. The first-order chi connectivity index (χ1) is 6.60. The molecule has 1 fully saturated rings. The third kappa shape index (κ3) is 2.58. The van der Waals surface area contributed by atoms with Crippen LogP contribution < -0.4 is 5.73 Å². The fraction of sp³-hybridized carbons (Fsp3) is 0.833. The zero-order valence-electron chi connectivity index (χ0n) is 9.51. The molecule has 82 valence electrons. The third-order valence-corrected chi connectivity index (χ3v) is 3.41. The predicted octanol–water partition coefficient (Wildman–Crippen LogP) is 2.63. The molecule has 0 aromatic rings. The zero-order valence-corrected chi connectivity index (χ0v) is 9.51. The van der Waals surface area contributed by atoms with E-state index < -0.39 is 0 Å². The van der Waals surface area contributed by atoms with Crippen LogP contribution in [0.2, 0.25) is 0 Å². The Hall–Kier alpha value is -0.340. The molecule has 0 aromatic heterocycles. The fourth-order valence-electron chi connectivity index (χ4n) is 2.36. The minimum absolute atomic E-state index is 0.0323. The van der Waals surface area contributed by atoms with E-state index in [1.165, 1.54) is 18.4 Å². The molecule has 0 bridgehead atoms. The summed E-state index contributed by atoms with van der Waals surface area (Å²) in [5, 5.41) is 0. The van der Waals surface area contributed by atoms with E-state index in [0.29, 0.717) is 0 Å². The van der Waals surface area contributed by atoms with Crippen LogP contribution in [-0.4, -0.2) is 18.8 Å². The Labute approximate surface area is 87.5 Å². The van der Waals surface area contributed by atoms with Crippen LogP contribution in [0.3, 0.4) is 0 Å². The van der Waals surface area contributed by atoms with Gasteiger partial charge < -0.3 is 10.5 Å². The lowest BCUT2D eigenvalue weighted by Crippen LogP contribution is -2.47. The van der Waals surface area contributed by atoms with Crippen molar-refractivity contribution in [1.29, 1.82) is 0 Å². The van der Waals surface area contributed by atoms with E-state index >= 15 is 0 Å².